The summed E-state index contributed by atoms with van der Waals surface area (Å²) in [4.78, 5) is 11.5. The molecule has 1 N–H and O–H groups in total. The molecular formula is C18H23ClN4. The largest absolute Gasteiger partial charge is 0.319 e. The first kappa shape index (κ1) is 16.4. The smallest absolute Gasteiger partial charge is 0.159 e. The van der Waals surface area contributed by atoms with E-state index in [1.807, 2.05) is 43.7 Å². The minimum absolute atomic E-state index is 0.728. The Labute approximate surface area is 142 Å². The van der Waals surface area contributed by atoms with Crippen LogP contribution in [0.25, 0.3) is 11.4 Å². The van der Waals surface area contributed by atoms with Crippen molar-refractivity contribution in [3.8, 4) is 11.4 Å². The van der Waals surface area contributed by atoms with Crippen molar-refractivity contribution >= 4 is 11.6 Å². The number of nitrogens with one attached hydrogen (secondary N) is 1. The van der Waals surface area contributed by atoms with Gasteiger partial charge < -0.3 is 5.32 Å². The molecule has 0 amide bonds. The van der Waals surface area contributed by atoms with Crippen LogP contribution in [-0.2, 0) is 6.54 Å². The van der Waals surface area contributed by atoms with Crippen molar-refractivity contribution < 1.29 is 0 Å². The van der Waals surface area contributed by atoms with E-state index in [0.717, 1.165) is 42.0 Å². The first-order chi connectivity index (χ1) is 11.2. The van der Waals surface area contributed by atoms with Gasteiger partial charge in [0.05, 0.1) is 0 Å². The molecule has 4 nitrogen and oxygen atoms in total. The van der Waals surface area contributed by atoms with Crippen LogP contribution in [0.1, 0.15) is 18.4 Å². The zero-order valence-electron chi connectivity index (χ0n) is 13.5. The van der Waals surface area contributed by atoms with Crippen LogP contribution < -0.4 is 5.32 Å². The second-order valence-corrected chi connectivity index (χ2v) is 6.66. The van der Waals surface area contributed by atoms with Gasteiger partial charge in [-0.15, -0.1) is 0 Å². The lowest BCUT2D eigenvalue weighted by molar-refractivity contribution is 0.166. The van der Waals surface area contributed by atoms with Gasteiger partial charge in [-0.2, -0.15) is 0 Å². The lowest BCUT2D eigenvalue weighted by Gasteiger charge is -2.32. The van der Waals surface area contributed by atoms with E-state index < -0.39 is 0 Å². The third-order valence-electron chi connectivity index (χ3n) is 4.31. The molecule has 0 spiro atoms. The van der Waals surface area contributed by atoms with Crippen molar-refractivity contribution in [2.75, 3.05) is 26.7 Å². The molecule has 2 heterocycles. The Morgan fingerprint density at radius 1 is 1.22 bits per heavy atom. The standard InChI is InChI=1S/C18H23ClN4/c1-20-9-14-3-2-8-23(12-14)13-15-10-21-18(22-11-15)16-4-6-17(19)7-5-16/h4-7,10-11,14,20H,2-3,8-9,12-13H2,1H3. The van der Waals surface area contributed by atoms with E-state index >= 15 is 0 Å². The van der Waals surface area contributed by atoms with E-state index in [-0.39, 0.29) is 0 Å². The molecule has 1 aromatic heterocycles. The van der Waals surface area contributed by atoms with Gasteiger partial charge >= 0.3 is 0 Å². The van der Waals surface area contributed by atoms with Gasteiger partial charge in [-0.1, -0.05) is 11.6 Å². The average molecular weight is 331 g/mol. The lowest BCUT2D eigenvalue weighted by Crippen LogP contribution is -2.38. The van der Waals surface area contributed by atoms with Gasteiger partial charge in [0, 0.05) is 41.6 Å². The summed E-state index contributed by atoms with van der Waals surface area (Å²) in [6.07, 6.45) is 6.48. The first-order valence-corrected chi connectivity index (χ1v) is 8.56. The molecule has 0 radical (unpaired) electrons. The SMILES string of the molecule is CNCC1CCCN(Cc2cnc(-c3ccc(Cl)cc3)nc2)C1. The molecule has 1 aliphatic heterocycles. The maximum absolute atomic E-state index is 5.92. The molecule has 1 fully saturated rings. The molecule has 1 atom stereocenters. The predicted molar refractivity (Wildman–Crippen MR) is 94.4 cm³/mol. The van der Waals surface area contributed by atoms with Crippen molar-refractivity contribution in [3.63, 3.8) is 0 Å². The summed E-state index contributed by atoms with van der Waals surface area (Å²) in [6.45, 7) is 4.35. The van der Waals surface area contributed by atoms with Crippen LogP contribution in [0.2, 0.25) is 5.02 Å². The van der Waals surface area contributed by atoms with Crippen LogP contribution in [0.15, 0.2) is 36.7 Å². The van der Waals surface area contributed by atoms with Crippen molar-refractivity contribution in [1.82, 2.24) is 20.2 Å². The van der Waals surface area contributed by atoms with Gasteiger partial charge in [-0.25, -0.2) is 9.97 Å². The summed E-state index contributed by atoms with van der Waals surface area (Å²) in [7, 11) is 2.03. The molecule has 0 bridgehead atoms. The number of benzene rings is 1. The summed E-state index contributed by atoms with van der Waals surface area (Å²) < 4.78 is 0. The molecule has 1 aliphatic rings. The zero-order chi connectivity index (χ0) is 16.1. The fourth-order valence-electron chi connectivity index (χ4n) is 3.19. The van der Waals surface area contributed by atoms with Crippen molar-refractivity contribution in [3.05, 3.63) is 47.2 Å². The highest BCUT2D eigenvalue weighted by Crippen LogP contribution is 2.20. The highest BCUT2D eigenvalue weighted by molar-refractivity contribution is 6.30. The Balaban J connectivity index is 1.62. The predicted octanol–water partition coefficient (Wildman–Crippen LogP) is 3.23. The maximum Gasteiger partial charge on any atom is 0.159 e. The van der Waals surface area contributed by atoms with Crippen LogP contribution >= 0.6 is 11.6 Å². The number of aromatic nitrogens is 2. The molecule has 1 unspecified atom stereocenters. The van der Waals surface area contributed by atoms with Crippen LogP contribution in [0, 0.1) is 5.92 Å². The number of hydrogen-bond donors (Lipinski definition) is 1. The molecule has 0 aliphatic carbocycles. The Morgan fingerprint density at radius 2 is 1.96 bits per heavy atom. The summed E-state index contributed by atoms with van der Waals surface area (Å²) in [5.41, 5.74) is 2.17. The highest BCUT2D eigenvalue weighted by atomic mass is 35.5. The number of piperidine rings is 1. The lowest BCUT2D eigenvalue weighted by atomic mass is 9.98. The van der Waals surface area contributed by atoms with Crippen molar-refractivity contribution in [2.24, 2.45) is 5.92 Å². The van der Waals surface area contributed by atoms with Gasteiger partial charge in [-0.3, -0.25) is 4.90 Å². The fourth-order valence-corrected chi connectivity index (χ4v) is 3.32. The third kappa shape index (κ3) is 4.50. The molecule has 3 rings (SSSR count). The molecule has 0 saturated carbocycles. The summed E-state index contributed by atoms with van der Waals surface area (Å²) in [6, 6.07) is 7.63. The topological polar surface area (TPSA) is 41.0 Å². The Bertz CT molecular complexity index is 610. The molecule has 1 aromatic carbocycles. The Hall–Kier alpha value is -1.49. The van der Waals surface area contributed by atoms with E-state index in [1.165, 1.54) is 24.9 Å². The van der Waals surface area contributed by atoms with Gasteiger partial charge in [0.1, 0.15) is 0 Å². The molecule has 122 valence electrons. The van der Waals surface area contributed by atoms with Crippen LogP contribution in [0.5, 0.6) is 0 Å². The number of likely N-dealkylation sites (tertiary alicyclic amines) is 1. The number of halogens is 1. The summed E-state index contributed by atoms with van der Waals surface area (Å²) in [5.74, 6) is 1.50. The Morgan fingerprint density at radius 3 is 2.65 bits per heavy atom. The second kappa shape index (κ2) is 7.86. The average Bonchev–Trinajstić information content (AvgIpc) is 2.57. The summed E-state index contributed by atoms with van der Waals surface area (Å²) >= 11 is 5.92. The van der Waals surface area contributed by atoms with Gasteiger partial charge in [0.15, 0.2) is 5.82 Å². The van der Waals surface area contributed by atoms with Crippen molar-refractivity contribution in [1.29, 1.82) is 0 Å². The highest BCUT2D eigenvalue weighted by Gasteiger charge is 2.19. The van der Waals surface area contributed by atoms with Gasteiger partial charge in [0.2, 0.25) is 0 Å². The molecule has 2 aromatic rings. The van der Waals surface area contributed by atoms with Crippen LogP contribution in [-0.4, -0.2) is 41.5 Å². The zero-order valence-corrected chi connectivity index (χ0v) is 14.3. The fraction of sp³-hybridized carbons (Fsp3) is 0.444. The minimum atomic E-state index is 0.728. The molecular weight excluding hydrogens is 308 g/mol. The van der Waals surface area contributed by atoms with Gasteiger partial charge in [0.25, 0.3) is 0 Å². The Kier molecular flexibility index (Phi) is 5.60. The number of hydrogen-bond acceptors (Lipinski definition) is 4. The third-order valence-corrected chi connectivity index (χ3v) is 4.56. The number of rotatable bonds is 5. The van der Waals surface area contributed by atoms with E-state index in [9.17, 15) is 0 Å². The van der Waals surface area contributed by atoms with Crippen molar-refractivity contribution in [2.45, 2.75) is 19.4 Å². The molecule has 1 saturated heterocycles. The summed E-state index contributed by atoms with van der Waals surface area (Å²) in [5, 5.41) is 4.02. The maximum atomic E-state index is 5.92. The van der Waals surface area contributed by atoms with Crippen LogP contribution in [0.4, 0.5) is 0 Å². The van der Waals surface area contributed by atoms with E-state index in [2.05, 4.69) is 20.2 Å². The molecule has 5 heteroatoms. The van der Waals surface area contributed by atoms with E-state index in [0.29, 0.717) is 0 Å². The van der Waals surface area contributed by atoms with E-state index in [4.69, 9.17) is 11.6 Å². The molecule has 23 heavy (non-hydrogen) atoms. The quantitative estimate of drug-likeness (QED) is 0.914. The van der Waals surface area contributed by atoms with Crippen LogP contribution in [0.3, 0.4) is 0 Å². The van der Waals surface area contributed by atoms with Gasteiger partial charge in [-0.05, 0) is 63.2 Å². The van der Waals surface area contributed by atoms with E-state index in [1.54, 1.807) is 0 Å². The minimum Gasteiger partial charge on any atom is -0.319 e. The first-order valence-electron chi connectivity index (χ1n) is 8.18. The monoisotopic (exact) mass is 330 g/mol. The number of nitrogens with zero attached hydrogens (tertiary/aromatic N) is 3. The normalized spacial score (nSPS) is 19.0. The second-order valence-electron chi connectivity index (χ2n) is 6.22.